The number of hydrogen-bond donors (Lipinski definition) is 4. The van der Waals surface area contributed by atoms with Gasteiger partial charge in [0.25, 0.3) is 0 Å². The smallest absolute Gasteiger partial charge is 0.419 e. The molecule has 0 saturated heterocycles. The van der Waals surface area contributed by atoms with E-state index in [1.807, 2.05) is 72.8 Å². The average Bonchev–Trinajstić information content (AvgIpc) is 3.43. The van der Waals surface area contributed by atoms with Crippen LogP contribution in [0.1, 0.15) is 56.4 Å². The number of primary amides is 1. The third kappa shape index (κ3) is 8.68. The van der Waals surface area contributed by atoms with E-state index in [4.69, 9.17) is 19.3 Å². The lowest BCUT2D eigenvalue weighted by atomic mass is 10.0. The fourth-order valence-corrected chi connectivity index (χ4v) is 7.71. The Hall–Kier alpha value is -5.43. The number of aryl methyl sites for hydroxylation is 2. The van der Waals surface area contributed by atoms with Crippen LogP contribution in [0.15, 0.2) is 105 Å². The van der Waals surface area contributed by atoms with E-state index in [0.29, 0.717) is 36.5 Å². The summed E-state index contributed by atoms with van der Waals surface area (Å²) in [6.45, 7) is 12.4. The number of pyridine rings is 1. The number of carbonyl (C=O) groups excluding carboxylic acids is 1. The molecule has 2 heterocycles. The molecular formula is C42H48N4O7Si. The summed E-state index contributed by atoms with van der Waals surface area (Å²) in [5, 5.41) is 14.7. The van der Waals surface area contributed by atoms with E-state index in [2.05, 4.69) is 44.2 Å². The van der Waals surface area contributed by atoms with Gasteiger partial charge in [-0.25, -0.2) is 9.59 Å². The van der Waals surface area contributed by atoms with Crippen molar-refractivity contribution in [3.05, 3.63) is 129 Å². The number of phenolic OH excluding ortho intramolecular Hbond substituents is 1. The first-order valence-electron chi connectivity index (χ1n) is 18.2. The van der Waals surface area contributed by atoms with Crippen molar-refractivity contribution >= 4 is 36.4 Å². The molecule has 2 aromatic heterocycles. The average molecular weight is 749 g/mol. The number of H-pyrrole nitrogens is 1. The highest BCUT2D eigenvalue weighted by Crippen LogP contribution is 2.41. The maximum Gasteiger partial charge on any atom is 0.419 e. The van der Waals surface area contributed by atoms with Crippen LogP contribution in [0.3, 0.4) is 0 Å². The number of aromatic hydroxyl groups is 1. The molecule has 0 fully saturated rings. The molecule has 54 heavy (non-hydrogen) atoms. The number of fused-ring (bicyclic) bond motifs is 2. The van der Waals surface area contributed by atoms with Crippen LogP contribution in [-0.4, -0.2) is 35.6 Å². The Morgan fingerprint density at radius 1 is 0.963 bits per heavy atom. The van der Waals surface area contributed by atoms with Crippen LogP contribution in [0.4, 0.5) is 4.79 Å². The van der Waals surface area contributed by atoms with Gasteiger partial charge in [0.1, 0.15) is 11.5 Å². The van der Waals surface area contributed by atoms with Crippen molar-refractivity contribution in [2.75, 3.05) is 6.54 Å². The maximum absolute atomic E-state index is 12.9. The standard InChI is InChI=1S/C42H48N4O7Si/c1-42(2,3)54(4,5)53-37(31-17-20-34(47)39-32(31)18-21-38(48)45-39)26-44-25-28-15-19-33-36(24-28)52-41(50)46(33)22-10-9-11-27-14-16-30(29-12-7-6-8-13-29)35(23-27)51-40(43)49/h6-8,12-21,23-24,37,44,47H,9-11,22,25-26H2,1-5H3,(H2,43,49)(H,45,48)/t37-/m0/s1. The minimum absolute atomic E-state index is 0.00630. The fourth-order valence-electron chi connectivity index (χ4n) is 6.44. The molecule has 0 spiro atoms. The van der Waals surface area contributed by atoms with Crippen molar-refractivity contribution in [2.45, 2.75) is 77.4 Å². The van der Waals surface area contributed by atoms with Crippen LogP contribution < -0.4 is 27.1 Å². The molecule has 12 heteroatoms. The summed E-state index contributed by atoms with van der Waals surface area (Å²) in [6, 6.07) is 27.9. The minimum atomic E-state index is -2.24. The van der Waals surface area contributed by atoms with Gasteiger partial charge in [-0.15, -0.1) is 0 Å². The number of aromatic amines is 1. The predicted molar refractivity (Wildman–Crippen MR) is 214 cm³/mol. The summed E-state index contributed by atoms with van der Waals surface area (Å²) < 4.78 is 19.6. The monoisotopic (exact) mass is 748 g/mol. The molecule has 11 nitrogen and oxygen atoms in total. The molecule has 6 aromatic rings. The van der Waals surface area contributed by atoms with E-state index in [0.717, 1.165) is 58.0 Å². The number of rotatable bonds is 14. The van der Waals surface area contributed by atoms with E-state index in [1.54, 1.807) is 16.7 Å². The van der Waals surface area contributed by atoms with Crippen molar-refractivity contribution in [1.82, 2.24) is 14.9 Å². The van der Waals surface area contributed by atoms with Crippen LogP contribution in [-0.2, 0) is 23.9 Å². The number of amides is 1. The Labute approximate surface area is 314 Å². The highest BCUT2D eigenvalue weighted by atomic mass is 28.4. The van der Waals surface area contributed by atoms with E-state index < -0.39 is 20.2 Å². The number of nitrogens with one attached hydrogen (secondary N) is 2. The van der Waals surface area contributed by atoms with Gasteiger partial charge in [-0.3, -0.25) is 9.36 Å². The number of unbranched alkanes of at least 4 members (excludes halogenated alkanes) is 1. The van der Waals surface area contributed by atoms with E-state index in [9.17, 15) is 19.5 Å². The van der Waals surface area contributed by atoms with Crippen LogP contribution in [0.25, 0.3) is 33.1 Å². The second kappa shape index (κ2) is 15.9. The van der Waals surface area contributed by atoms with Crippen molar-refractivity contribution in [3.8, 4) is 22.6 Å². The molecule has 6 rings (SSSR count). The normalized spacial score (nSPS) is 12.7. The van der Waals surface area contributed by atoms with Gasteiger partial charge in [0.2, 0.25) is 5.56 Å². The van der Waals surface area contributed by atoms with Gasteiger partial charge in [-0.1, -0.05) is 75.4 Å². The summed E-state index contributed by atoms with van der Waals surface area (Å²) >= 11 is 0. The molecule has 0 radical (unpaired) electrons. The van der Waals surface area contributed by atoms with Gasteiger partial charge in [0.15, 0.2) is 13.9 Å². The largest absolute Gasteiger partial charge is 0.506 e. The molecule has 0 bridgehead atoms. The van der Waals surface area contributed by atoms with Crippen molar-refractivity contribution < 1.29 is 23.5 Å². The van der Waals surface area contributed by atoms with Crippen LogP contribution in [0.5, 0.6) is 11.5 Å². The Balaban J connectivity index is 1.11. The lowest BCUT2D eigenvalue weighted by molar-refractivity contribution is 0.181. The Kier molecular flexibility index (Phi) is 11.3. The van der Waals surface area contributed by atoms with E-state index >= 15 is 0 Å². The quantitative estimate of drug-likeness (QED) is 0.0641. The minimum Gasteiger partial charge on any atom is -0.506 e. The number of benzene rings is 4. The Morgan fingerprint density at radius 3 is 2.46 bits per heavy atom. The lowest BCUT2D eigenvalue weighted by Gasteiger charge is -2.39. The molecule has 282 valence electrons. The van der Waals surface area contributed by atoms with Gasteiger partial charge in [-0.2, -0.15) is 0 Å². The molecule has 0 unspecified atom stereocenters. The number of carbonyl (C=O) groups is 1. The van der Waals surface area contributed by atoms with Gasteiger partial charge >= 0.3 is 11.8 Å². The molecule has 0 aliphatic rings. The summed E-state index contributed by atoms with van der Waals surface area (Å²) in [6.07, 6.45) is 1.04. The van der Waals surface area contributed by atoms with Crippen molar-refractivity contribution in [2.24, 2.45) is 5.73 Å². The van der Waals surface area contributed by atoms with Crippen LogP contribution >= 0.6 is 0 Å². The van der Waals surface area contributed by atoms with Crippen LogP contribution in [0.2, 0.25) is 18.1 Å². The number of aromatic nitrogens is 2. The molecule has 0 saturated carbocycles. The summed E-state index contributed by atoms with van der Waals surface area (Å²) in [5.74, 6) is 0.0185. The molecule has 5 N–H and O–H groups in total. The fraction of sp³-hybridized carbons (Fsp3) is 0.310. The first-order chi connectivity index (χ1) is 25.7. The highest BCUT2D eigenvalue weighted by Gasteiger charge is 2.39. The molecule has 0 aliphatic heterocycles. The zero-order valence-electron chi connectivity index (χ0n) is 31.4. The lowest BCUT2D eigenvalue weighted by Crippen LogP contribution is -2.43. The van der Waals surface area contributed by atoms with Gasteiger partial charge in [-0.05, 0) is 90.0 Å². The second-order valence-electron chi connectivity index (χ2n) is 15.2. The third-order valence-corrected chi connectivity index (χ3v) is 14.8. The third-order valence-electron chi connectivity index (χ3n) is 10.3. The molecule has 0 aliphatic carbocycles. The summed E-state index contributed by atoms with van der Waals surface area (Å²) in [4.78, 5) is 39.4. The van der Waals surface area contributed by atoms with E-state index in [-0.39, 0.29) is 22.5 Å². The van der Waals surface area contributed by atoms with Gasteiger partial charge in [0, 0.05) is 36.7 Å². The Bertz CT molecular complexity index is 2390. The number of nitrogens with two attached hydrogens (primary N) is 1. The number of phenols is 1. The second-order valence-corrected chi connectivity index (χ2v) is 19.9. The molecule has 1 atom stereocenters. The number of nitrogens with zero attached hydrogens (tertiary/aromatic N) is 1. The summed E-state index contributed by atoms with van der Waals surface area (Å²) in [7, 11) is -2.24. The predicted octanol–water partition coefficient (Wildman–Crippen LogP) is 8.14. The zero-order chi connectivity index (χ0) is 38.6. The van der Waals surface area contributed by atoms with Crippen molar-refractivity contribution in [1.29, 1.82) is 0 Å². The highest BCUT2D eigenvalue weighted by molar-refractivity contribution is 6.74. The zero-order valence-corrected chi connectivity index (χ0v) is 32.4. The van der Waals surface area contributed by atoms with Crippen molar-refractivity contribution in [3.63, 3.8) is 0 Å². The van der Waals surface area contributed by atoms with Gasteiger partial charge in [0.05, 0.1) is 17.1 Å². The molecular weight excluding hydrogens is 701 g/mol. The topological polar surface area (TPSA) is 162 Å². The van der Waals surface area contributed by atoms with E-state index in [1.165, 1.54) is 6.07 Å². The molecule has 1 amide bonds. The molecule has 4 aromatic carbocycles. The number of ether oxygens (including phenoxy) is 1. The summed E-state index contributed by atoms with van der Waals surface area (Å²) in [5.41, 5.74) is 11.2. The first kappa shape index (κ1) is 38.3. The SMILES string of the molecule is CC(C)(C)[Si](C)(C)O[C@@H](CNCc1ccc2c(c1)oc(=O)n2CCCCc1ccc(-c2ccccc2)c(OC(N)=O)c1)c1ccc(O)c2[nH]c(=O)ccc12. The first-order valence-corrected chi connectivity index (χ1v) is 21.1. The van der Waals surface area contributed by atoms with Gasteiger partial charge < -0.3 is 34.7 Å². The number of hydrogen-bond acceptors (Lipinski definition) is 8. The maximum atomic E-state index is 12.9. The Morgan fingerprint density at radius 2 is 1.72 bits per heavy atom. The number of oxazole rings is 1. The van der Waals surface area contributed by atoms with Crippen LogP contribution in [0, 0.1) is 0 Å².